The fourth-order valence-corrected chi connectivity index (χ4v) is 6.33. The predicted octanol–water partition coefficient (Wildman–Crippen LogP) is 7.33. The smallest absolute Gasteiger partial charge is 0.131 e. The number of phenols is 2. The number of benzene rings is 6. The van der Waals surface area contributed by atoms with Crippen LogP contribution in [-0.2, 0) is 32.8 Å². The van der Waals surface area contributed by atoms with Crippen molar-refractivity contribution < 1.29 is 30.6 Å². The zero-order chi connectivity index (χ0) is 32.9. The molecule has 0 bridgehead atoms. The number of aliphatic hydroxyl groups is 4. The minimum atomic E-state index is -0.207. The van der Waals surface area contributed by atoms with Crippen molar-refractivity contribution >= 4 is 0 Å². The molecule has 47 heavy (non-hydrogen) atoms. The predicted molar refractivity (Wildman–Crippen MR) is 184 cm³/mol. The van der Waals surface area contributed by atoms with Gasteiger partial charge >= 0.3 is 0 Å². The van der Waals surface area contributed by atoms with Crippen LogP contribution in [0.25, 0.3) is 44.5 Å². The molecule has 0 radical (unpaired) electrons. The first-order valence-electron chi connectivity index (χ1n) is 15.5. The highest BCUT2D eigenvalue weighted by Crippen LogP contribution is 2.44. The molecular weight excluding hydrogens is 588 g/mol. The first kappa shape index (κ1) is 31.7. The molecule has 6 rings (SSSR count). The van der Waals surface area contributed by atoms with E-state index in [0.717, 1.165) is 11.1 Å². The summed E-state index contributed by atoms with van der Waals surface area (Å²) in [6.45, 7) is -0.827. The maximum atomic E-state index is 11.7. The molecule has 0 saturated carbocycles. The molecule has 0 amide bonds. The highest BCUT2D eigenvalue weighted by Gasteiger charge is 2.21. The minimum absolute atomic E-state index is 0.0383. The van der Waals surface area contributed by atoms with Crippen LogP contribution in [-0.4, -0.2) is 30.6 Å². The van der Waals surface area contributed by atoms with Crippen molar-refractivity contribution in [1.29, 1.82) is 0 Å². The molecule has 6 nitrogen and oxygen atoms in total. The van der Waals surface area contributed by atoms with Gasteiger partial charge in [-0.3, -0.25) is 0 Å². The second-order valence-corrected chi connectivity index (χ2v) is 11.5. The van der Waals surface area contributed by atoms with E-state index in [4.69, 9.17) is 0 Å². The van der Waals surface area contributed by atoms with Gasteiger partial charge in [-0.15, -0.1) is 0 Å². The molecule has 236 valence electrons. The maximum absolute atomic E-state index is 11.7. The quantitative estimate of drug-likeness (QED) is 0.0950. The SMILES string of the molecule is OCc1ccccc1-c1cc(Cc2cc(-c3ccccc3CO)c(O)c(-c3ccccc3CO)c2)cc(-c2ccccc2CO)c1O. The van der Waals surface area contributed by atoms with Gasteiger partial charge < -0.3 is 30.6 Å². The lowest BCUT2D eigenvalue weighted by atomic mass is 9.87. The molecular formula is C41H36O6. The number of hydrogen-bond acceptors (Lipinski definition) is 6. The van der Waals surface area contributed by atoms with Gasteiger partial charge in [-0.25, -0.2) is 0 Å². The van der Waals surface area contributed by atoms with Crippen LogP contribution in [0, 0.1) is 0 Å². The lowest BCUT2D eigenvalue weighted by molar-refractivity contribution is 0.282. The number of aliphatic hydroxyl groups excluding tert-OH is 4. The van der Waals surface area contributed by atoms with E-state index in [1.54, 1.807) is 0 Å². The molecule has 0 heterocycles. The van der Waals surface area contributed by atoms with E-state index in [1.165, 1.54) is 0 Å². The number of hydrogen-bond donors (Lipinski definition) is 6. The number of rotatable bonds is 10. The van der Waals surface area contributed by atoms with Crippen LogP contribution < -0.4 is 0 Å². The summed E-state index contributed by atoms with van der Waals surface area (Å²) in [5.74, 6) is 0.0766. The average molecular weight is 625 g/mol. The Bertz CT molecular complexity index is 1760. The van der Waals surface area contributed by atoms with E-state index in [2.05, 4.69) is 0 Å². The van der Waals surface area contributed by atoms with Gasteiger partial charge in [-0.2, -0.15) is 0 Å². The molecule has 6 heteroatoms. The fourth-order valence-electron chi connectivity index (χ4n) is 6.33. The Morgan fingerprint density at radius 1 is 0.319 bits per heavy atom. The number of phenolic OH excluding ortho intramolecular Hbond substituents is 2. The van der Waals surface area contributed by atoms with Gasteiger partial charge in [-0.1, -0.05) is 97.1 Å². The van der Waals surface area contributed by atoms with Crippen molar-refractivity contribution in [1.82, 2.24) is 0 Å². The summed E-state index contributed by atoms with van der Waals surface area (Å²) >= 11 is 0. The molecule has 0 unspecified atom stereocenters. The lowest BCUT2D eigenvalue weighted by Gasteiger charge is -2.19. The van der Waals surface area contributed by atoms with Gasteiger partial charge in [0.25, 0.3) is 0 Å². The third-order valence-corrected chi connectivity index (χ3v) is 8.66. The Morgan fingerprint density at radius 2 is 0.553 bits per heavy atom. The molecule has 0 atom stereocenters. The van der Waals surface area contributed by atoms with Crippen LogP contribution in [0.2, 0.25) is 0 Å². The summed E-state index contributed by atoms with van der Waals surface area (Å²) < 4.78 is 0. The third-order valence-electron chi connectivity index (χ3n) is 8.66. The van der Waals surface area contributed by atoms with Gasteiger partial charge in [-0.05, 0) is 86.3 Å². The van der Waals surface area contributed by atoms with Crippen molar-refractivity contribution in [2.24, 2.45) is 0 Å². The molecule has 6 aromatic rings. The summed E-state index contributed by atoms with van der Waals surface area (Å²) in [4.78, 5) is 0. The molecule has 6 aromatic carbocycles. The molecule has 0 aliphatic rings. The van der Waals surface area contributed by atoms with Crippen molar-refractivity contribution in [3.05, 3.63) is 155 Å². The second-order valence-electron chi connectivity index (χ2n) is 11.5. The summed E-state index contributed by atoms with van der Waals surface area (Å²) in [6.07, 6.45) is 0.395. The van der Waals surface area contributed by atoms with Crippen molar-refractivity contribution in [2.45, 2.75) is 32.8 Å². The monoisotopic (exact) mass is 624 g/mol. The van der Waals surface area contributed by atoms with Gasteiger partial charge in [0.15, 0.2) is 0 Å². The maximum Gasteiger partial charge on any atom is 0.131 e. The fraction of sp³-hybridized carbons (Fsp3) is 0.122. The van der Waals surface area contributed by atoms with Gasteiger partial charge in [0.05, 0.1) is 26.4 Å². The highest BCUT2D eigenvalue weighted by molar-refractivity contribution is 5.87. The van der Waals surface area contributed by atoms with Crippen molar-refractivity contribution in [3.63, 3.8) is 0 Å². The van der Waals surface area contributed by atoms with Crippen LogP contribution in [0.5, 0.6) is 11.5 Å². The Balaban J connectivity index is 1.59. The van der Waals surface area contributed by atoms with Crippen molar-refractivity contribution in [3.8, 4) is 56.0 Å². The van der Waals surface area contributed by atoms with Gasteiger partial charge in [0.2, 0.25) is 0 Å². The Hall–Kier alpha value is -5.24. The van der Waals surface area contributed by atoms with E-state index >= 15 is 0 Å². The largest absolute Gasteiger partial charge is 0.507 e. The molecule has 0 aliphatic carbocycles. The standard InChI is InChI=1S/C41H36O6/c42-22-28-9-1-5-13-32(28)36-18-26(19-37(40(36)46)33-14-6-2-10-29(33)23-43)17-27-20-38(34-15-7-3-11-30(34)24-44)41(47)39(21-27)35-16-8-4-12-31(35)25-45/h1-16,18-21,42-47H,17,22-25H2. The normalized spacial score (nSPS) is 11.1. The van der Waals surface area contributed by atoms with Crippen LogP contribution in [0.1, 0.15) is 33.4 Å². The van der Waals surface area contributed by atoms with E-state index in [1.807, 2.05) is 121 Å². The first-order chi connectivity index (χ1) is 23.0. The van der Waals surface area contributed by atoms with E-state index in [0.29, 0.717) is 73.2 Å². The summed E-state index contributed by atoms with van der Waals surface area (Å²) in [5, 5.41) is 64.1. The van der Waals surface area contributed by atoms with E-state index in [-0.39, 0.29) is 37.9 Å². The molecule has 0 spiro atoms. The molecule has 0 saturated heterocycles. The topological polar surface area (TPSA) is 121 Å². The minimum Gasteiger partial charge on any atom is -0.507 e. The summed E-state index contributed by atoms with van der Waals surface area (Å²) in [7, 11) is 0. The molecule has 0 aliphatic heterocycles. The van der Waals surface area contributed by atoms with E-state index < -0.39 is 0 Å². The Labute approximate surface area is 273 Å². The lowest BCUT2D eigenvalue weighted by Crippen LogP contribution is -1.99. The van der Waals surface area contributed by atoms with Gasteiger partial charge in [0.1, 0.15) is 11.5 Å². The van der Waals surface area contributed by atoms with E-state index in [9.17, 15) is 30.6 Å². The third kappa shape index (κ3) is 6.28. The molecule has 0 fully saturated rings. The van der Waals surface area contributed by atoms with Crippen LogP contribution >= 0.6 is 0 Å². The van der Waals surface area contributed by atoms with Crippen LogP contribution in [0.15, 0.2) is 121 Å². The van der Waals surface area contributed by atoms with Crippen LogP contribution in [0.4, 0.5) is 0 Å². The Kier molecular flexibility index (Phi) is 9.47. The van der Waals surface area contributed by atoms with Gasteiger partial charge in [0, 0.05) is 22.3 Å². The zero-order valence-corrected chi connectivity index (χ0v) is 25.8. The summed E-state index contributed by atoms with van der Waals surface area (Å²) in [5.41, 5.74) is 9.31. The highest BCUT2D eigenvalue weighted by atomic mass is 16.3. The average Bonchev–Trinajstić information content (AvgIpc) is 3.12. The Morgan fingerprint density at radius 3 is 0.787 bits per heavy atom. The van der Waals surface area contributed by atoms with Crippen molar-refractivity contribution in [2.75, 3.05) is 0 Å². The molecule has 6 N–H and O–H groups in total. The van der Waals surface area contributed by atoms with Crippen LogP contribution in [0.3, 0.4) is 0 Å². The first-order valence-corrected chi connectivity index (χ1v) is 15.5. The second kappa shape index (κ2) is 14.0. The number of aromatic hydroxyl groups is 2. The summed E-state index contributed by atoms with van der Waals surface area (Å²) in [6, 6.07) is 37.1. The zero-order valence-electron chi connectivity index (χ0n) is 25.8. The molecule has 0 aromatic heterocycles.